The predicted octanol–water partition coefficient (Wildman–Crippen LogP) is 7.15. The second-order valence-corrected chi connectivity index (χ2v) is 11.6. The first-order valence-electron chi connectivity index (χ1n) is 12.9. The maximum absolute atomic E-state index is 12.6. The van der Waals surface area contributed by atoms with E-state index in [0.717, 1.165) is 38.5 Å². The van der Waals surface area contributed by atoms with Crippen LogP contribution < -0.4 is 10.6 Å². The SMILES string of the molecule is C[C@@H]1C[C@@H](C[C@@H]2CC[C@H](NC(=O)c3ccc(Cl)cc3)[C@H](C)C2)CC[C@@H]1NC(=O)c1ccc(Cl)cc1. The molecule has 0 aliphatic heterocycles. The molecule has 2 aromatic rings. The van der Waals surface area contributed by atoms with Gasteiger partial charge in [0.15, 0.2) is 0 Å². The zero-order valence-electron chi connectivity index (χ0n) is 20.6. The Morgan fingerprint density at radius 2 is 1.06 bits per heavy atom. The minimum Gasteiger partial charge on any atom is -0.349 e. The summed E-state index contributed by atoms with van der Waals surface area (Å²) in [5, 5.41) is 7.78. The Morgan fingerprint density at radius 1 is 0.686 bits per heavy atom. The van der Waals surface area contributed by atoms with Crippen molar-refractivity contribution in [1.29, 1.82) is 0 Å². The number of carbonyl (C=O) groups is 2. The lowest BCUT2D eigenvalue weighted by Gasteiger charge is -2.39. The average Bonchev–Trinajstić information content (AvgIpc) is 2.83. The van der Waals surface area contributed by atoms with Gasteiger partial charge in [0.25, 0.3) is 11.8 Å². The van der Waals surface area contributed by atoms with Gasteiger partial charge in [-0.05, 0) is 117 Å². The van der Waals surface area contributed by atoms with Crippen LogP contribution in [0.25, 0.3) is 0 Å². The first-order valence-corrected chi connectivity index (χ1v) is 13.7. The van der Waals surface area contributed by atoms with Crippen LogP contribution in [0.2, 0.25) is 10.0 Å². The van der Waals surface area contributed by atoms with Crippen molar-refractivity contribution in [3.05, 3.63) is 69.7 Å². The monoisotopic (exact) mass is 514 g/mol. The summed E-state index contributed by atoms with van der Waals surface area (Å²) >= 11 is 11.9. The van der Waals surface area contributed by atoms with Crippen molar-refractivity contribution < 1.29 is 9.59 Å². The average molecular weight is 516 g/mol. The molecule has 6 atom stereocenters. The van der Waals surface area contributed by atoms with E-state index >= 15 is 0 Å². The molecule has 0 unspecified atom stereocenters. The van der Waals surface area contributed by atoms with Crippen molar-refractivity contribution >= 4 is 35.0 Å². The van der Waals surface area contributed by atoms with E-state index < -0.39 is 0 Å². The molecule has 188 valence electrons. The highest BCUT2D eigenvalue weighted by molar-refractivity contribution is 6.31. The third-order valence-corrected chi connectivity index (χ3v) is 8.57. The fourth-order valence-corrected chi connectivity index (χ4v) is 6.30. The predicted molar refractivity (Wildman–Crippen MR) is 143 cm³/mol. The van der Waals surface area contributed by atoms with Gasteiger partial charge in [-0.15, -0.1) is 0 Å². The standard InChI is InChI=1S/C29H36Cl2N2O2/c1-18-15-20(3-13-26(18)32-28(34)22-5-9-24(30)10-6-22)17-21-4-14-27(19(2)16-21)33-29(35)23-7-11-25(31)12-8-23/h5-12,18-21,26-27H,3-4,13-17H2,1-2H3,(H,32,34)(H,33,35)/t18-,19-,20-,21+,26+,27+/m1/s1. The topological polar surface area (TPSA) is 58.2 Å². The molecule has 4 rings (SSSR count). The molecule has 0 bridgehead atoms. The van der Waals surface area contributed by atoms with Crippen molar-refractivity contribution in [1.82, 2.24) is 10.6 Å². The smallest absolute Gasteiger partial charge is 0.251 e. The normalized spacial score (nSPS) is 28.8. The van der Waals surface area contributed by atoms with Gasteiger partial charge in [0.1, 0.15) is 0 Å². The van der Waals surface area contributed by atoms with Crippen LogP contribution in [0.3, 0.4) is 0 Å². The summed E-state index contributed by atoms with van der Waals surface area (Å²) in [6, 6.07) is 14.6. The molecular weight excluding hydrogens is 479 g/mol. The van der Waals surface area contributed by atoms with E-state index in [2.05, 4.69) is 24.5 Å². The minimum absolute atomic E-state index is 0.00948. The number of hydrogen-bond donors (Lipinski definition) is 2. The van der Waals surface area contributed by atoms with Crippen molar-refractivity contribution in [2.45, 2.75) is 70.9 Å². The van der Waals surface area contributed by atoms with Gasteiger partial charge in [0.2, 0.25) is 0 Å². The van der Waals surface area contributed by atoms with Crippen molar-refractivity contribution in [2.24, 2.45) is 23.7 Å². The van der Waals surface area contributed by atoms with Crippen LogP contribution in [-0.2, 0) is 0 Å². The Bertz CT molecular complexity index is 927. The molecule has 2 aromatic carbocycles. The van der Waals surface area contributed by atoms with Crippen LogP contribution in [0.1, 0.15) is 79.5 Å². The Morgan fingerprint density at radius 3 is 1.40 bits per heavy atom. The van der Waals surface area contributed by atoms with E-state index in [-0.39, 0.29) is 23.9 Å². The van der Waals surface area contributed by atoms with Gasteiger partial charge >= 0.3 is 0 Å². The Labute approximate surface area is 219 Å². The molecule has 6 heteroatoms. The van der Waals surface area contributed by atoms with Crippen molar-refractivity contribution in [2.75, 3.05) is 0 Å². The van der Waals surface area contributed by atoms with Crippen LogP contribution in [0, 0.1) is 23.7 Å². The van der Waals surface area contributed by atoms with E-state index in [1.165, 1.54) is 6.42 Å². The summed E-state index contributed by atoms with van der Waals surface area (Å²) in [5.41, 5.74) is 1.33. The quantitative estimate of drug-likeness (QED) is 0.429. The molecule has 0 radical (unpaired) electrons. The van der Waals surface area contributed by atoms with Crippen LogP contribution >= 0.6 is 23.2 Å². The molecule has 4 nitrogen and oxygen atoms in total. The zero-order valence-corrected chi connectivity index (χ0v) is 22.1. The number of rotatable bonds is 6. The second-order valence-electron chi connectivity index (χ2n) is 10.7. The van der Waals surface area contributed by atoms with Crippen LogP contribution in [0.15, 0.2) is 48.5 Å². The molecule has 0 aromatic heterocycles. The maximum atomic E-state index is 12.6. The molecule has 2 amide bonds. The van der Waals surface area contributed by atoms with Gasteiger partial charge in [-0.1, -0.05) is 37.0 Å². The highest BCUT2D eigenvalue weighted by atomic mass is 35.5. The first kappa shape index (κ1) is 26.0. The molecule has 35 heavy (non-hydrogen) atoms. The fourth-order valence-electron chi connectivity index (χ4n) is 6.05. The van der Waals surface area contributed by atoms with Crippen LogP contribution in [0.5, 0.6) is 0 Å². The van der Waals surface area contributed by atoms with Gasteiger partial charge < -0.3 is 10.6 Å². The summed E-state index contributed by atoms with van der Waals surface area (Å²) in [5.74, 6) is 2.35. The van der Waals surface area contributed by atoms with Crippen molar-refractivity contribution in [3.63, 3.8) is 0 Å². The number of benzene rings is 2. The van der Waals surface area contributed by atoms with E-state index in [9.17, 15) is 9.59 Å². The summed E-state index contributed by atoms with van der Waals surface area (Å²) < 4.78 is 0. The molecule has 2 fully saturated rings. The van der Waals surface area contributed by atoms with Gasteiger partial charge in [0, 0.05) is 33.3 Å². The number of amides is 2. The van der Waals surface area contributed by atoms with E-state index in [0.29, 0.717) is 44.8 Å². The minimum atomic E-state index is -0.00948. The lowest BCUT2D eigenvalue weighted by Crippen LogP contribution is -2.44. The summed E-state index contributed by atoms with van der Waals surface area (Å²) in [4.78, 5) is 25.3. The number of hydrogen-bond acceptors (Lipinski definition) is 2. The van der Waals surface area contributed by atoms with E-state index in [4.69, 9.17) is 23.2 Å². The lowest BCUT2D eigenvalue weighted by molar-refractivity contribution is 0.0869. The lowest BCUT2D eigenvalue weighted by atomic mass is 9.70. The summed E-state index contributed by atoms with van der Waals surface area (Å²) in [6.07, 6.45) is 7.97. The molecule has 2 aliphatic carbocycles. The summed E-state index contributed by atoms with van der Waals surface area (Å²) in [6.45, 7) is 4.54. The fraction of sp³-hybridized carbons (Fsp3) is 0.517. The molecule has 2 saturated carbocycles. The molecular formula is C29H36Cl2N2O2. The van der Waals surface area contributed by atoms with Gasteiger partial charge in [0.05, 0.1) is 0 Å². The maximum Gasteiger partial charge on any atom is 0.251 e. The molecule has 0 spiro atoms. The third kappa shape index (κ3) is 7.01. The number of carbonyl (C=O) groups excluding carboxylic acids is 2. The Balaban J connectivity index is 1.21. The Hall–Kier alpha value is -2.04. The van der Waals surface area contributed by atoms with E-state index in [1.807, 2.05) is 0 Å². The van der Waals surface area contributed by atoms with Crippen molar-refractivity contribution in [3.8, 4) is 0 Å². The first-order chi connectivity index (χ1) is 16.8. The van der Waals surface area contributed by atoms with Crippen LogP contribution in [-0.4, -0.2) is 23.9 Å². The summed E-state index contributed by atoms with van der Waals surface area (Å²) in [7, 11) is 0. The highest BCUT2D eigenvalue weighted by Crippen LogP contribution is 2.39. The third-order valence-electron chi connectivity index (χ3n) is 8.07. The number of halogens is 2. The largest absolute Gasteiger partial charge is 0.349 e. The Kier molecular flexibility index (Phi) is 8.77. The van der Waals surface area contributed by atoms with Gasteiger partial charge in [-0.25, -0.2) is 0 Å². The zero-order chi connectivity index (χ0) is 24.9. The molecule has 0 saturated heterocycles. The van der Waals surface area contributed by atoms with Crippen LogP contribution in [0.4, 0.5) is 0 Å². The molecule has 2 aliphatic rings. The van der Waals surface area contributed by atoms with Gasteiger partial charge in [-0.2, -0.15) is 0 Å². The highest BCUT2D eigenvalue weighted by Gasteiger charge is 2.33. The molecule has 0 heterocycles. The van der Waals surface area contributed by atoms with E-state index in [1.54, 1.807) is 48.5 Å². The van der Waals surface area contributed by atoms with Gasteiger partial charge in [-0.3, -0.25) is 9.59 Å². The molecule has 2 N–H and O–H groups in total. The number of nitrogens with one attached hydrogen (secondary N) is 2. The second kappa shape index (κ2) is 11.8.